The lowest BCUT2D eigenvalue weighted by Gasteiger charge is -2.25. The molecule has 1 unspecified atom stereocenters. The van der Waals surface area contributed by atoms with Crippen LogP contribution in [0.15, 0.2) is 53.9 Å². The molecule has 142 valence electrons. The predicted octanol–water partition coefficient (Wildman–Crippen LogP) is 5.31. The third-order valence-corrected chi connectivity index (χ3v) is 6.03. The SMILES string of the molecule is O=C(Nc1scc(C2CCCc3ccccc32)c1C(=O)O)c1ccc(F)cc1. The van der Waals surface area contributed by atoms with Gasteiger partial charge in [-0.2, -0.15) is 0 Å². The first-order valence-electron chi connectivity index (χ1n) is 9.04. The zero-order chi connectivity index (χ0) is 19.7. The highest BCUT2D eigenvalue weighted by atomic mass is 32.1. The number of carboxylic acids is 1. The molecule has 2 aromatic carbocycles. The lowest BCUT2D eigenvalue weighted by atomic mass is 9.78. The van der Waals surface area contributed by atoms with Crippen LogP contribution in [-0.4, -0.2) is 17.0 Å². The Bertz CT molecular complexity index is 1040. The molecule has 0 bridgehead atoms. The Morgan fingerprint density at radius 2 is 1.82 bits per heavy atom. The number of rotatable bonds is 4. The van der Waals surface area contributed by atoms with Crippen LogP contribution in [0.5, 0.6) is 0 Å². The Hall–Kier alpha value is -2.99. The number of benzene rings is 2. The summed E-state index contributed by atoms with van der Waals surface area (Å²) < 4.78 is 13.1. The first kappa shape index (κ1) is 18.4. The van der Waals surface area contributed by atoms with Crippen LogP contribution >= 0.6 is 11.3 Å². The van der Waals surface area contributed by atoms with E-state index in [-0.39, 0.29) is 17.0 Å². The summed E-state index contributed by atoms with van der Waals surface area (Å²) >= 11 is 1.21. The maximum atomic E-state index is 13.1. The summed E-state index contributed by atoms with van der Waals surface area (Å²) in [6.45, 7) is 0. The summed E-state index contributed by atoms with van der Waals surface area (Å²) in [5.74, 6) is -1.95. The van der Waals surface area contributed by atoms with Gasteiger partial charge in [0.2, 0.25) is 0 Å². The van der Waals surface area contributed by atoms with E-state index in [1.54, 1.807) is 0 Å². The fraction of sp³-hybridized carbons (Fsp3) is 0.182. The summed E-state index contributed by atoms with van der Waals surface area (Å²) in [5, 5.41) is 14.7. The highest BCUT2D eigenvalue weighted by Crippen LogP contribution is 2.42. The molecule has 0 radical (unpaired) electrons. The number of fused-ring (bicyclic) bond motifs is 1. The second-order valence-electron chi connectivity index (χ2n) is 6.80. The fourth-order valence-electron chi connectivity index (χ4n) is 3.79. The Morgan fingerprint density at radius 1 is 1.07 bits per heavy atom. The van der Waals surface area contributed by atoms with Crippen LogP contribution in [-0.2, 0) is 6.42 Å². The van der Waals surface area contributed by atoms with E-state index in [9.17, 15) is 19.1 Å². The van der Waals surface area contributed by atoms with Gasteiger partial charge >= 0.3 is 5.97 Å². The molecular weight excluding hydrogens is 377 g/mol. The second-order valence-corrected chi connectivity index (χ2v) is 7.68. The lowest BCUT2D eigenvalue weighted by molar-refractivity contribution is 0.0697. The number of aromatic carboxylic acids is 1. The van der Waals surface area contributed by atoms with Crippen LogP contribution in [0.4, 0.5) is 9.39 Å². The Labute approximate surface area is 165 Å². The summed E-state index contributed by atoms with van der Waals surface area (Å²) in [6.07, 6.45) is 2.86. The van der Waals surface area contributed by atoms with E-state index in [1.807, 2.05) is 17.5 Å². The molecule has 0 fully saturated rings. The van der Waals surface area contributed by atoms with Crippen LogP contribution < -0.4 is 5.32 Å². The zero-order valence-corrected chi connectivity index (χ0v) is 15.8. The number of carbonyl (C=O) groups is 2. The van der Waals surface area contributed by atoms with Crippen LogP contribution in [0.1, 0.15) is 56.2 Å². The van der Waals surface area contributed by atoms with E-state index in [0.29, 0.717) is 5.00 Å². The number of amides is 1. The molecule has 6 heteroatoms. The van der Waals surface area contributed by atoms with Crippen molar-refractivity contribution in [3.8, 4) is 0 Å². The average molecular weight is 395 g/mol. The van der Waals surface area contributed by atoms with E-state index >= 15 is 0 Å². The quantitative estimate of drug-likeness (QED) is 0.629. The molecule has 4 rings (SSSR count). The average Bonchev–Trinajstić information content (AvgIpc) is 3.11. The summed E-state index contributed by atoms with van der Waals surface area (Å²) in [7, 11) is 0. The molecule has 2 N–H and O–H groups in total. The topological polar surface area (TPSA) is 66.4 Å². The molecule has 1 atom stereocenters. The maximum absolute atomic E-state index is 13.1. The van der Waals surface area contributed by atoms with Gasteiger partial charge in [-0.15, -0.1) is 11.3 Å². The van der Waals surface area contributed by atoms with Gasteiger partial charge in [-0.1, -0.05) is 24.3 Å². The minimum atomic E-state index is -1.06. The standard InChI is InChI=1S/C22H18FNO3S/c23-15-10-8-14(9-11-15)20(25)24-21-19(22(26)27)18(12-28-21)17-7-3-5-13-4-1-2-6-16(13)17/h1-2,4,6,8-12,17H,3,5,7H2,(H,24,25)(H,26,27). The molecule has 1 aromatic heterocycles. The van der Waals surface area contributed by atoms with Gasteiger partial charge in [-0.05, 0) is 65.6 Å². The van der Waals surface area contributed by atoms with Gasteiger partial charge in [0, 0.05) is 11.5 Å². The minimum absolute atomic E-state index is 0.00349. The van der Waals surface area contributed by atoms with Crippen molar-refractivity contribution in [1.29, 1.82) is 0 Å². The fourth-order valence-corrected chi connectivity index (χ4v) is 4.80. The predicted molar refractivity (Wildman–Crippen MR) is 107 cm³/mol. The third kappa shape index (κ3) is 3.43. The van der Waals surface area contributed by atoms with E-state index < -0.39 is 17.7 Å². The minimum Gasteiger partial charge on any atom is -0.478 e. The van der Waals surface area contributed by atoms with Crippen LogP contribution in [0, 0.1) is 5.82 Å². The molecule has 1 amide bonds. The van der Waals surface area contributed by atoms with Crippen molar-refractivity contribution in [2.75, 3.05) is 5.32 Å². The third-order valence-electron chi connectivity index (χ3n) is 5.11. The lowest BCUT2D eigenvalue weighted by Crippen LogP contribution is -2.16. The van der Waals surface area contributed by atoms with Gasteiger partial charge in [0.1, 0.15) is 10.8 Å². The summed E-state index contributed by atoms with van der Waals surface area (Å²) in [4.78, 5) is 24.5. The van der Waals surface area contributed by atoms with Crippen molar-refractivity contribution in [2.24, 2.45) is 0 Å². The van der Waals surface area contributed by atoms with E-state index in [2.05, 4.69) is 17.4 Å². The molecular formula is C22H18FNO3S. The maximum Gasteiger partial charge on any atom is 0.339 e. The molecule has 1 aliphatic rings. The van der Waals surface area contributed by atoms with E-state index in [4.69, 9.17) is 0 Å². The molecule has 1 heterocycles. The number of carbonyl (C=O) groups excluding carboxylic acids is 1. The number of nitrogens with one attached hydrogen (secondary N) is 1. The van der Waals surface area contributed by atoms with Crippen molar-refractivity contribution in [1.82, 2.24) is 0 Å². The first-order chi connectivity index (χ1) is 13.5. The van der Waals surface area contributed by atoms with Gasteiger partial charge in [0.15, 0.2) is 0 Å². The summed E-state index contributed by atoms with van der Waals surface area (Å²) in [5.41, 5.74) is 3.56. The van der Waals surface area contributed by atoms with Crippen LogP contribution in [0.2, 0.25) is 0 Å². The van der Waals surface area contributed by atoms with Gasteiger partial charge in [0.05, 0.1) is 5.56 Å². The van der Waals surface area contributed by atoms with Crippen molar-refractivity contribution < 1.29 is 19.1 Å². The normalized spacial score (nSPS) is 15.7. The number of hydrogen-bond acceptors (Lipinski definition) is 3. The first-order valence-corrected chi connectivity index (χ1v) is 9.92. The molecule has 0 saturated heterocycles. The molecule has 28 heavy (non-hydrogen) atoms. The van der Waals surface area contributed by atoms with Crippen molar-refractivity contribution in [3.63, 3.8) is 0 Å². The van der Waals surface area contributed by atoms with Gasteiger partial charge < -0.3 is 10.4 Å². The highest BCUT2D eigenvalue weighted by molar-refractivity contribution is 7.15. The zero-order valence-electron chi connectivity index (χ0n) is 14.9. The van der Waals surface area contributed by atoms with Crippen molar-refractivity contribution in [2.45, 2.75) is 25.2 Å². The molecule has 0 saturated carbocycles. The number of hydrogen-bond donors (Lipinski definition) is 2. The van der Waals surface area contributed by atoms with Crippen molar-refractivity contribution >= 4 is 28.2 Å². The highest BCUT2D eigenvalue weighted by Gasteiger charge is 2.29. The molecule has 4 nitrogen and oxygen atoms in total. The number of aryl methyl sites for hydroxylation is 1. The van der Waals surface area contributed by atoms with Gasteiger partial charge in [-0.3, -0.25) is 4.79 Å². The van der Waals surface area contributed by atoms with Crippen LogP contribution in [0.25, 0.3) is 0 Å². The monoisotopic (exact) mass is 395 g/mol. The Balaban J connectivity index is 1.68. The molecule has 1 aliphatic carbocycles. The smallest absolute Gasteiger partial charge is 0.339 e. The molecule has 0 spiro atoms. The number of anilines is 1. The van der Waals surface area contributed by atoms with E-state index in [1.165, 1.54) is 41.2 Å². The Morgan fingerprint density at radius 3 is 2.57 bits per heavy atom. The molecule has 0 aliphatic heterocycles. The number of thiophene rings is 1. The van der Waals surface area contributed by atoms with Gasteiger partial charge in [0.25, 0.3) is 5.91 Å². The van der Waals surface area contributed by atoms with E-state index in [0.717, 1.165) is 30.4 Å². The Kier molecular flexibility index (Phi) is 4.96. The summed E-state index contributed by atoms with van der Waals surface area (Å²) in [6, 6.07) is 13.3. The van der Waals surface area contributed by atoms with Crippen molar-refractivity contribution in [3.05, 3.63) is 87.5 Å². The number of halogens is 1. The number of carboxylic acid groups (broad SMARTS) is 1. The largest absolute Gasteiger partial charge is 0.478 e. The van der Waals surface area contributed by atoms with Gasteiger partial charge in [-0.25, -0.2) is 9.18 Å². The second kappa shape index (κ2) is 7.56. The molecule has 3 aromatic rings. The van der Waals surface area contributed by atoms with Crippen LogP contribution in [0.3, 0.4) is 0 Å².